The first-order valence-electron chi connectivity index (χ1n) is 7.85. The number of aromatic nitrogens is 2. The predicted molar refractivity (Wildman–Crippen MR) is 89.7 cm³/mol. The molecule has 22 heavy (non-hydrogen) atoms. The molecule has 0 aliphatic heterocycles. The number of carbonyl (C=O) groups excluding carboxylic acids is 1. The van der Waals surface area contributed by atoms with Gasteiger partial charge in [0.25, 0.3) is 0 Å². The summed E-state index contributed by atoms with van der Waals surface area (Å²) in [6.07, 6.45) is 2.13. The summed E-state index contributed by atoms with van der Waals surface area (Å²) in [6.45, 7) is 4.02. The normalized spacial score (nSPS) is 11.3. The largest absolute Gasteiger partial charge is 0.344 e. The Bertz CT molecular complexity index is 633. The van der Waals surface area contributed by atoms with E-state index in [-0.39, 0.29) is 5.91 Å². The van der Waals surface area contributed by atoms with Crippen LogP contribution < -0.4 is 0 Å². The van der Waals surface area contributed by atoms with Crippen molar-refractivity contribution in [3.63, 3.8) is 0 Å². The Labute approximate surface area is 132 Å². The number of likely N-dealkylation sites (N-methyl/N-ethyl adjacent to an activating group) is 1. The van der Waals surface area contributed by atoms with E-state index >= 15 is 0 Å². The van der Waals surface area contributed by atoms with Gasteiger partial charge in [-0.3, -0.25) is 4.79 Å². The van der Waals surface area contributed by atoms with Gasteiger partial charge in [0, 0.05) is 13.6 Å². The lowest BCUT2D eigenvalue weighted by Crippen LogP contribution is -2.31. The second kappa shape index (κ2) is 7.40. The summed E-state index contributed by atoms with van der Waals surface area (Å²) < 4.78 is 2.04. The van der Waals surface area contributed by atoms with Gasteiger partial charge in [-0.25, -0.2) is 4.98 Å². The SMILES string of the molecule is CCCCN(C)C(=O)Cn1c(CN(C)C)nc2ccccc21. The minimum atomic E-state index is 0.136. The summed E-state index contributed by atoms with van der Waals surface area (Å²) in [5.41, 5.74) is 1.97. The summed E-state index contributed by atoms with van der Waals surface area (Å²) >= 11 is 0. The van der Waals surface area contributed by atoms with Gasteiger partial charge in [0.1, 0.15) is 12.4 Å². The van der Waals surface area contributed by atoms with Crippen LogP contribution >= 0.6 is 0 Å². The van der Waals surface area contributed by atoms with Crippen LogP contribution in [0.5, 0.6) is 0 Å². The molecule has 0 saturated heterocycles. The molecule has 0 unspecified atom stereocenters. The van der Waals surface area contributed by atoms with Crippen molar-refractivity contribution in [3.05, 3.63) is 30.1 Å². The molecule has 1 amide bonds. The van der Waals surface area contributed by atoms with E-state index in [4.69, 9.17) is 0 Å². The first kappa shape index (κ1) is 16.5. The third-order valence-corrected chi connectivity index (χ3v) is 3.76. The highest BCUT2D eigenvalue weighted by atomic mass is 16.2. The highest BCUT2D eigenvalue weighted by Crippen LogP contribution is 2.17. The quantitative estimate of drug-likeness (QED) is 0.788. The van der Waals surface area contributed by atoms with E-state index in [0.717, 1.165) is 42.8 Å². The van der Waals surface area contributed by atoms with Crippen LogP contribution in [0.25, 0.3) is 11.0 Å². The van der Waals surface area contributed by atoms with Gasteiger partial charge in [-0.1, -0.05) is 25.5 Å². The van der Waals surface area contributed by atoms with Crippen molar-refractivity contribution in [2.45, 2.75) is 32.9 Å². The summed E-state index contributed by atoms with van der Waals surface area (Å²) in [5.74, 6) is 1.07. The van der Waals surface area contributed by atoms with E-state index in [1.54, 1.807) is 0 Å². The molecular formula is C17H26N4O. The van der Waals surface area contributed by atoms with Crippen molar-refractivity contribution in [3.8, 4) is 0 Å². The Hall–Kier alpha value is -1.88. The maximum atomic E-state index is 12.5. The number of hydrogen-bond donors (Lipinski definition) is 0. The molecular weight excluding hydrogens is 276 g/mol. The number of para-hydroxylation sites is 2. The van der Waals surface area contributed by atoms with E-state index < -0.39 is 0 Å². The number of benzene rings is 1. The zero-order valence-electron chi connectivity index (χ0n) is 14.0. The molecule has 2 rings (SSSR count). The van der Waals surface area contributed by atoms with E-state index in [2.05, 4.69) is 16.8 Å². The Kier molecular flexibility index (Phi) is 5.55. The molecule has 0 aliphatic carbocycles. The molecule has 1 heterocycles. The molecule has 1 aromatic heterocycles. The van der Waals surface area contributed by atoms with Gasteiger partial charge in [-0.2, -0.15) is 0 Å². The average molecular weight is 302 g/mol. The van der Waals surface area contributed by atoms with Gasteiger partial charge in [-0.15, -0.1) is 0 Å². The number of rotatable bonds is 7. The van der Waals surface area contributed by atoms with E-state index in [0.29, 0.717) is 6.54 Å². The van der Waals surface area contributed by atoms with Crippen LogP contribution in [0, 0.1) is 0 Å². The third kappa shape index (κ3) is 3.85. The van der Waals surface area contributed by atoms with E-state index in [1.807, 2.05) is 54.9 Å². The van der Waals surface area contributed by atoms with Crippen LogP contribution in [-0.2, 0) is 17.9 Å². The molecule has 5 heteroatoms. The van der Waals surface area contributed by atoms with Crippen LogP contribution in [0.4, 0.5) is 0 Å². The lowest BCUT2D eigenvalue weighted by atomic mass is 10.3. The van der Waals surface area contributed by atoms with Crippen LogP contribution in [0.2, 0.25) is 0 Å². The van der Waals surface area contributed by atoms with Gasteiger partial charge in [0.2, 0.25) is 5.91 Å². The molecule has 0 fully saturated rings. The van der Waals surface area contributed by atoms with Gasteiger partial charge >= 0.3 is 0 Å². The smallest absolute Gasteiger partial charge is 0.242 e. The summed E-state index contributed by atoms with van der Waals surface area (Å²) in [7, 11) is 5.90. The van der Waals surface area contributed by atoms with Crippen molar-refractivity contribution in [1.82, 2.24) is 19.4 Å². The van der Waals surface area contributed by atoms with Crippen molar-refractivity contribution < 1.29 is 4.79 Å². The zero-order valence-corrected chi connectivity index (χ0v) is 14.0. The van der Waals surface area contributed by atoms with Crippen LogP contribution in [0.15, 0.2) is 24.3 Å². The first-order chi connectivity index (χ1) is 10.5. The minimum absolute atomic E-state index is 0.136. The number of unbranched alkanes of at least 4 members (excludes halogenated alkanes) is 1. The summed E-state index contributed by atoms with van der Waals surface area (Å²) in [5, 5.41) is 0. The summed E-state index contributed by atoms with van der Waals surface area (Å²) in [4.78, 5) is 21.0. The van der Waals surface area contributed by atoms with Gasteiger partial charge in [0.05, 0.1) is 17.6 Å². The molecule has 1 aromatic carbocycles. The highest BCUT2D eigenvalue weighted by molar-refractivity contribution is 5.81. The zero-order chi connectivity index (χ0) is 16.1. The molecule has 0 atom stereocenters. The van der Waals surface area contributed by atoms with Crippen molar-refractivity contribution in [2.75, 3.05) is 27.7 Å². The van der Waals surface area contributed by atoms with Gasteiger partial charge < -0.3 is 14.4 Å². The number of carbonyl (C=O) groups is 1. The monoisotopic (exact) mass is 302 g/mol. The molecule has 2 aromatic rings. The van der Waals surface area contributed by atoms with Crippen molar-refractivity contribution in [1.29, 1.82) is 0 Å². The Balaban J connectivity index is 2.26. The number of amides is 1. The molecule has 0 aliphatic rings. The maximum absolute atomic E-state index is 12.5. The standard InChI is InChI=1S/C17H26N4O/c1-5-6-11-20(4)17(22)13-21-15-10-8-7-9-14(15)18-16(21)12-19(2)3/h7-10H,5-6,11-13H2,1-4H3. The van der Waals surface area contributed by atoms with Gasteiger partial charge in [0.15, 0.2) is 0 Å². The second-order valence-electron chi connectivity index (χ2n) is 6.01. The number of hydrogen-bond acceptors (Lipinski definition) is 3. The molecule has 120 valence electrons. The average Bonchev–Trinajstić information content (AvgIpc) is 2.81. The molecule has 0 radical (unpaired) electrons. The lowest BCUT2D eigenvalue weighted by molar-refractivity contribution is -0.130. The fourth-order valence-corrected chi connectivity index (χ4v) is 2.48. The second-order valence-corrected chi connectivity index (χ2v) is 6.01. The fourth-order valence-electron chi connectivity index (χ4n) is 2.48. The summed E-state index contributed by atoms with van der Waals surface area (Å²) in [6, 6.07) is 8.00. The molecule has 5 nitrogen and oxygen atoms in total. The van der Waals surface area contributed by atoms with Crippen LogP contribution in [0.1, 0.15) is 25.6 Å². The minimum Gasteiger partial charge on any atom is -0.344 e. The molecule has 0 bridgehead atoms. The Morgan fingerprint density at radius 1 is 1.23 bits per heavy atom. The molecule has 0 saturated carbocycles. The first-order valence-corrected chi connectivity index (χ1v) is 7.85. The Morgan fingerprint density at radius 2 is 1.95 bits per heavy atom. The highest BCUT2D eigenvalue weighted by Gasteiger charge is 2.16. The van der Waals surface area contributed by atoms with Crippen LogP contribution in [-0.4, -0.2) is 52.9 Å². The van der Waals surface area contributed by atoms with Gasteiger partial charge in [-0.05, 0) is 32.6 Å². The number of nitrogens with zero attached hydrogens (tertiary/aromatic N) is 4. The predicted octanol–water partition coefficient (Wildman–Crippen LogP) is 2.36. The van der Waals surface area contributed by atoms with Crippen LogP contribution in [0.3, 0.4) is 0 Å². The molecule has 0 spiro atoms. The Morgan fingerprint density at radius 3 is 2.64 bits per heavy atom. The third-order valence-electron chi connectivity index (χ3n) is 3.76. The van der Waals surface area contributed by atoms with Crippen molar-refractivity contribution >= 4 is 16.9 Å². The van der Waals surface area contributed by atoms with Crippen molar-refractivity contribution in [2.24, 2.45) is 0 Å². The maximum Gasteiger partial charge on any atom is 0.242 e. The topological polar surface area (TPSA) is 41.4 Å². The fraction of sp³-hybridized carbons (Fsp3) is 0.529. The van der Waals surface area contributed by atoms with E-state index in [9.17, 15) is 4.79 Å². The number of fused-ring (bicyclic) bond motifs is 1. The lowest BCUT2D eigenvalue weighted by Gasteiger charge is -2.19. The van der Waals surface area contributed by atoms with E-state index in [1.165, 1.54) is 0 Å². The number of imidazole rings is 1. The molecule has 0 N–H and O–H groups in total.